The summed E-state index contributed by atoms with van der Waals surface area (Å²) in [5.41, 5.74) is 0.999. The number of nitrogens with two attached hydrogens (primary N) is 1. The number of alkyl halides is 2. The number of primary sulfonamides is 1. The Morgan fingerprint density at radius 3 is 2.32 bits per heavy atom. The molecular formula is C18H15F2N3O4S. The number of nitrogens with zero attached hydrogens (tertiary/aromatic N) is 2. The van der Waals surface area contributed by atoms with Gasteiger partial charge in [0.2, 0.25) is 10.0 Å². The molecule has 0 radical (unpaired) electrons. The summed E-state index contributed by atoms with van der Waals surface area (Å²) in [6.07, 6.45) is -2.76. The highest BCUT2D eigenvalue weighted by atomic mass is 32.2. The molecule has 0 bridgehead atoms. The van der Waals surface area contributed by atoms with Crippen molar-refractivity contribution in [3.8, 4) is 28.4 Å². The van der Waals surface area contributed by atoms with E-state index in [2.05, 4.69) is 5.10 Å². The molecule has 3 aromatic rings. The van der Waals surface area contributed by atoms with Gasteiger partial charge in [-0.25, -0.2) is 27.0 Å². The molecule has 7 nitrogen and oxygen atoms in total. The Kier molecular flexibility index (Phi) is 4.52. The first-order valence-corrected chi connectivity index (χ1v) is 9.79. The van der Waals surface area contributed by atoms with Crippen LogP contribution in [0.15, 0.2) is 53.4 Å². The molecule has 0 amide bonds. The van der Waals surface area contributed by atoms with Gasteiger partial charge in [0.15, 0.2) is 11.5 Å². The molecule has 0 spiro atoms. The molecule has 1 aromatic heterocycles. The van der Waals surface area contributed by atoms with E-state index in [4.69, 9.17) is 14.6 Å². The number of rotatable bonds is 4. The second-order valence-electron chi connectivity index (χ2n) is 6.06. The fourth-order valence-corrected chi connectivity index (χ4v) is 3.40. The lowest BCUT2D eigenvalue weighted by molar-refractivity contribution is 0.145. The molecule has 146 valence electrons. The van der Waals surface area contributed by atoms with Crippen LogP contribution >= 0.6 is 0 Å². The Bertz CT molecular complexity index is 1130. The van der Waals surface area contributed by atoms with Gasteiger partial charge in [0.1, 0.15) is 18.9 Å². The van der Waals surface area contributed by atoms with Gasteiger partial charge in [0, 0.05) is 5.56 Å². The van der Waals surface area contributed by atoms with Crippen molar-refractivity contribution >= 4 is 10.0 Å². The number of benzene rings is 2. The summed E-state index contributed by atoms with van der Waals surface area (Å²) < 4.78 is 61.8. The lowest BCUT2D eigenvalue weighted by atomic mass is 10.1. The molecule has 2 heterocycles. The normalized spacial score (nSPS) is 13.7. The van der Waals surface area contributed by atoms with Gasteiger partial charge in [-0.3, -0.25) is 0 Å². The quantitative estimate of drug-likeness (QED) is 0.717. The van der Waals surface area contributed by atoms with Gasteiger partial charge >= 0.3 is 0 Å². The second kappa shape index (κ2) is 6.88. The summed E-state index contributed by atoms with van der Waals surface area (Å²) in [4.78, 5) is -0.0848. The van der Waals surface area contributed by atoms with Gasteiger partial charge in [0.05, 0.1) is 16.3 Å². The number of halogens is 2. The zero-order valence-corrected chi connectivity index (χ0v) is 15.2. The van der Waals surface area contributed by atoms with E-state index in [9.17, 15) is 17.2 Å². The highest BCUT2D eigenvalue weighted by molar-refractivity contribution is 7.89. The largest absolute Gasteiger partial charge is 0.486 e. The molecule has 28 heavy (non-hydrogen) atoms. The SMILES string of the molecule is NS(=O)(=O)c1ccc(-n2nc(C(F)F)cc2-c2ccc3c(c2)OCCO3)cc1. The van der Waals surface area contributed by atoms with Crippen LogP contribution in [0.4, 0.5) is 8.78 Å². The third-order valence-corrected chi connectivity index (χ3v) is 5.13. The molecule has 10 heteroatoms. The number of hydrogen-bond acceptors (Lipinski definition) is 5. The van der Waals surface area contributed by atoms with E-state index in [0.717, 1.165) is 0 Å². The van der Waals surface area contributed by atoms with Crippen LogP contribution in [-0.4, -0.2) is 31.4 Å². The zero-order valence-electron chi connectivity index (χ0n) is 14.4. The fraction of sp³-hybridized carbons (Fsp3) is 0.167. The van der Waals surface area contributed by atoms with Crippen LogP contribution in [-0.2, 0) is 10.0 Å². The summed E-state index contributed by atoms with van der Waals surface area (Å²) in [6.45, 7) is 0.837. The topological polar surface area (TPSA) is 96.4 Å². The molecule has 0 atom stereocenters. The first-order valence-electron chi connectivity index (χ1n) is 8.24. The molecule has 2 N–H and O–H groups in total. The van der Waals surface area contributed by atoms with Crippen molar-refractivity contribution in [1.82, 2.24) is 9.78 Å². The van der Waals surface area contributed by atoms with Crippen molar-refractivity contribution in [2.45, 2.75) is 11.3 Å². The number of fused-ring (bicyclic) bond motifs is 1. The van der Waals surface area contributed by atoms with Gasteiger partial charge in [-0.1, -0.05) is 0 Å². The van der Waals surface area contributed by atoms with Crippen molar-refractivity contribution < 1.29 is 26.7 Å². The minimum absolute atomic E-state index is 0.0848. The number of ether oxygens (including phenoxy) is 2. The molecule has 1 aliphatic rings. The van der Waals surface area contributed by atoms with Crippen LogP contribution in [0.3, 0.4) is 0 Å². The minimum Gasteiger partial charge on any atom is -0.486 e. The Balaban J connectivity index is 1.82. The standard InChI is InChI=1S/C18H15F2N3O4S/c19-18(20)14-10-15(11-1-6-16-17(9-11)27-8-7-26-16)23(22-14)12-2-4-13(5-3-12)28(21,24)25/h1-6,9-10,18H,7-8H2,(H2,21,24,25). The van der Waals surface area contributed by atoms with E-state index in [1.165, 1.54) is 35.0 Å². The van der Waals surface area contributed by atoms with Crippen LogP contribution in [0, 0.1) is 0 Å². The van der Waals surface area contributed by atoms with E-state index in [0.29, 0.717) is 41.7 Å². The molecule has 0 saturated carbocycles. The maximum Gasteiger partial charge on any atom is 0.282 e. The van der Waals surface area contributed by atoms with Crippen molar-refractivity contribution in [3.05, 3.63) is 54.2 Å². The highest BCUT2D eigenvalue weighted by Crippen LogP contribution is 2.36. The van der Waals surface area contributed by atoms with Crippen molar-refractivity contribution in [1.29, 1.82) is 0 Å². The summed E-state index contributed by atoms with van der Waals surface area (Å²) in [5, 5.41) is 9.07. The van der Waals surface area contributed by atoms with Crippen molar-refractivity contribution in [3.63, 3.8) is 0 Å². The van der Waals surface area contributed by atoms with Crippen LogP contribution in [0.25, 0.3) is 16.9 Å². The Labute approximate surface area is 159 Å². The second-order valence-corrected chi connectivity index (χ2v) is 7.63. The molecule has 4 rings (SSSR count). The van der Waals surface area contributed by atoms with Crippen molar-refractivity contribution in [2.24, 2.45) is 5.14 Å². The smallest absolute Gasteiger partial charge is 0.282 e. The predicted molar refractivity (Wildman–Crippen MR) is 96.3 cm³/mol. The van der Waals surface area contributed by atoms with E-state index in [1.54, 1.807) is 18.2 Å². The number of aromatic nitrogens is 2. The Hall–Kier alpha value is -2.98. The average molecular weight is 407 g/mol. The lowest BCUT2D eigenvalue weighted by Crippen LogP contribution is -2.15. The molecule has 1 aliphatic heterocycles. The van der Waals surface area contributed by atoms with E-state index in [-0.39, 0.29) is 4.90 Å². The summed E-state index contributed by atoms with van der Waals surface area (Å²) in [6, 6.07) is 11.9. The number of sulfonamides is 1. The maximum atomic E-state index is 13.3. The van der Waals surface area contributed by atoms with Gasteiger partial charge in [-0.05, 0) is 48.5 Å². The van der Waals surface area contributed by atoms with Crippen LogP contribution in [0.1, 0.15) is 12.1 Å². The minimum atomic E-state index is -3.86. The van der Waals surface area contributed by atoms with Gasteiger partial charge < -0.3 is 9.47 Å². The summed E-state index contributed by atoms with van der Waals surface area (Å²) >= 11 is 0. The lowest BCUT2D eigenvalue weighted by Gasteiger charge is -2.19. The summed E-state index contributed by atoms with van der Waals surface area (Å²) in [5.74, 6) is 1.09. The van der Waals surface area contributed by atoms with Crippen LogP contribution < -0.4 is 14.6 Å². The average Bonchev–Trinajstić information content (AvgIpc) is 3.13. The summed E-state index contributed by atoms with van der Waals surface area (Å²) in [7, 11) is -3.86. The highest BCUT2D eigenvalue weighted by Gasteiger charge is 2.20. The third kappa shape index (κ3) is 3.43. The Morgan fingerprint density at radius 2 is 1.68 bits per heavy atom. The van der Waals surface area contributed by atoms with Gasteiger partial charge in [-0.15, -0.1) is 0 Å². The van der Waals surface area contributed by atoms with E-state index >= 15 is 0 Å². The monoisotopic (exact) mass is 407 g/mol. The first-order chi connectivity index (χ1) is 13.3. The molecule has 0 saturated heterocycles. The third-order valence-electron chi connectivity index (χ3n) is 4.20. The van der Waals surface area contributed by atoms with E-state index in [1.807, 2.05) is 0 Å². The fourth-order valence-electron chi connectivity index (χ4n) is 2.89. The van der Waals surface area contributed by atoms with Crippen molar-refractivity contribution in [2.75, 3.05) is 13.2 Å². The van der Waals surface area contributed by atoms with Gasteiger partial charge in [-0.2, -0.15) is 5.10 Å². The van der Waals surface area contributed by atoms with Crippen LogP contribution in [0.2, 0.25) is 0 Å². The Morgan fingerprint density at radius 1 is 1.00 bits per heavy atom. The van der Waals surface area contributed by atoms with Gasteiger partial charge in [0.25, 0.3) is 6.43 Å². The first kappa shape index (κ1) is 18.4. The molecule has 0 unspecified atom stereocenters. The van der Waals surface area contributed by atoms with E-state index < -0.39 is 22.1 Å². The van der Waals surface area contributed by atoms with Crippen LogP contribution in [0.5, 0.6) is 11.5 Å². The number of hydrogen-bond donors (Lipinski definition) is 1. The zero-order chi connectivity index (χ0) is 19.9. The molecule has 0 fully saturated rings. The molecular weight excluding hydrogens is 392 g/mol. The predicted octanol–water partition coefficient (Wildman–Crippen LogP) is 2.90. The molecule has 0 aliphatic carbocycles. The molecule has 2 aromatic carbocycles. The maximum absolute atomic E-state index is 13.3.